The Morgan fingerprint density at radius 1 is 0.274 bits per heavy atom. The lowest BCUT2D eigenvalue weighted by Crippen LogP contribution is -2.09. The summed E-state index contributed by atoms with van der Waals surface area (Å²) in [4.78, 5) is 2.35. The van der Waals surface area contributed by atoms with Crippen LogP contribution in [0, 0.1) is 0 Å². The predicted molar refractivity (Wildman–Crippen MR) is 307 cm³/mol. The smallest absolute Gasteiger partial charge is 0.136 e. The number of para-hydroxylation sites is 4. The molecule has 3 heteroatoms. The summed E-state index contributed by atoms with van der Waals surface area (Å²) in [6, 6.07) is 101. The molecule has 14 aromatic rings. The van der Waals surface area contributed by atoms with E-state index < -0.39 is 0 Å². The quantitative estimate of drug-likeness (QED) is 0.144. The van der Waals surface area contributed by atoms with Crippen molar-refractivity contribution >= 4 is 71.6 Å². The van der Waals surface area contributed by atoms with E-state index in [1.807, 2.05) is 12.1 Å². The molecule has 0 saturated heterocycles. The Bertz CT molecular complexity index is 4300. The van der Waals surface area contributed by atoms with Crippen LogP contribution in [0.5, 0.6) is 0 Å². The molecule has 0 N–H and O–H groups in total. The first-order valence-electron chi connectivity index (χ1n) is 25.0. The summed E-state index contributed by atoms with van der Waals surface area (Å²) in [7, 11) is 0. The number of anilines is 3. The first-order valence-corrected chi connectivity index (χ1v) is 25.0. The summed E-state index contributed by atoms with van der Waals surface area (Å²) in [6.45, 7) is 0. The fourth-order valence-corrected chi connectivity index (χ4v) is 11.0. The molecule has 0 aliphatic carbocycles. The molecular weight excluding hydrogens is 885 g/mol. The molecule has 0 atom stereocenters. The zero-order valence-corrected chi connectivity index (χ0v) is 39.9. The fourth-order valence-electron chi connectivity index (χ4n) is 11.0. The highest BCUT2D eigenvalue weighted by Crippen LogP contribution is 2.42. The molecule has 3 nitrogen and oxygen atoms in total. The molecule has 2 aromatic heterocycles. The number of furan rings is 1. The largest absolute Gasteiger partial charge is 0.456 e. The van der Waals surface area contributed by atoms with Crippen LogP contribution < -0.4 is 4.90 Å². The van der Waals surface area contributed by atoms with E-state index in [0.717, 1.165) is 61.3 Å². The van der Waals surface area contributed by atoms with Crippen molar-refractivity contribution in [1.82, 2.24) is 4.57 Å². The zero-order chi connectivity index (χ0) is 48.2. The molecule has 342 valence electrons. The van der Waals surface area contributed by atoms with Gasteiger partial charge in [0.05, 0.1) is 16.7 Å². The monoisotopic (exact) mass is 930 g/mol. The van der Waals surface area contributed by atoms with E-state index in [9.17, 15) is 0 Å². The molecule has 2 heterocycles. The molecule has 0 fully saturated rings. The van der Waals surface area contributed by atoms with Crippen LogP contribution in [0.1, 0.15) is 0 Å². The van der Waals surface area contributed by atoms with Crippen LogP contribution in [-0.4, -0.2) is 4.57 Å². The van der Waals surface area contributed by atoms with E-state index >= 15 is 0 Å². The zero-order valence-electron chi connectivity index (χ0n) is 39.9. The topological polar surface area (TPSA) is 21.3 Å². The van der Waals surface area contributed by atoms with E-state index in [1.54, 1.807) is 0 Å². The third-order valence-corrected chi connectivity index (χ3v) is 14.6. The third-order valence-electron chi connectivity index (χ3n) is 14.6. The van der Waals surface area contributed by atoms with Gasteiger partial charge in [-0.1, -0.05) is 200 Å². The molecule has 12 aromatic carbocycles. The molecule has 14 rings (SSSR count). The number of rotatable bonds is 9. The van der Waals surface area contributed by atoms with Crippen molar-refractivity contribution in [3.63, 3.8) is 0 Å². The molecule has 0 aliphatic rings. The highest BCUT2D eigenvalue weighted by atomic mass is 16.3. The Balaban J connectivity index is 0.804. The van der Waals surface area contributed by atoms with Gasteiger partial charge < -0.3 is 13.9 Å². The van der Waals surface area contributed by atoms with E-state index in [0.29, 0.717) is 0 Å². The molecule has 0 unspecified atom stereocenters. The summed E-state index contributed by atoms with van der Waals surface area (Å²) in [5.41, 5.74) is 20.3. The van der Waals surface area contributed by atoms with Crippen LogP contribution in [0.4, 0.5) is 17.1 Å². The van der Waals surface area contributed by atoms with Gasteiger partial charge in [-0.15, -0.1) is 0 Å². The van der Waals surface area contributed by atoms with Gasteiger partial charge in [-0.05, 0) is 140 Å². The van der Waals surface area contributed by atoms with Crippen molar-refractivity contribution in [3.8, 4) is 61.3 Å². The van der Waals surface area contributed by atoms with Crippen molar-refractivity contribution in [3.05, 3.63) is 279 Å². The van der Waals surface area contributed by atoms with E-state index in [-0.39, 0.29) is 0 Å². The van der Waals surface area contributed by atoms with Crippen LogP contribution in [-0.2, 0) is 0 Å². The van der Waals surface area contributed by atoms with Gasteiger partial charge >= 0.3 is 0 Å². The lowest BCUT2D eigenvalue weighted by molar-refractivity contribution is 0.669. The van der Waals surface area contributed by atoms with Crippen LogP contribution in [0.25, 0.3) is 116 Å². The van der Waals surface area contributed by atoms with E-state index in [4.69, 9.17) is 4.42 Å². The molecule has 0 bridgehead atoms. The van der Waals surface area contributed by atoms with Gasteiger partial charge in [0.1, 0.15) is 11.2 Å². The summed E-state index contributed by atoms with van der Waals surface area (Å²) in [6.07, 6.45) is 0. The first kappa shape index (κ1) is 42.2. The first-order chi connectivity index (χ1) is 36.2. The number of hydrogen-bond acceptors (Lipinski definition) is 2. The van der Waals surface area contributed by atoms with Gasteiger partial charge in [0, 0.05) is 44.2 Å². The second-order valence-corrected chi connectivity index (χ2v) is 18.9. The van der Waals surface area contributed by atoms with Gasteiger partial charge in [0.15, 0.2) is 0 Å². The van der Waals surface area contributed by atoms with Crippen LogP contribution >= 0.6 is 0 Å². The summed E-state index contributed by atoms with van der Waals surface area (Å²) < 4.78 is 8.69. The van der Waals surface area contributed by atoms with Crippen LogP contribution in [0.2, 0.25) is 0 Å². The summed E-state index contributed by atoms with van der Waals surface area (Å²) in [5.74, 6) is 0. The number of nitrogens with zero attached hydrogens (tertiary/aromatic N) is 2. The summed E-state index contributed by atoms with van der Waals surface area (Å²) >= 11 is 0. The minimum atomic E-state index is 0.895. The van der Waals surface area contributed by atoms with Crippen LogP contribution in [0.15, 0.2) is 283 Å². The molecular formula is C70H46N2O. The Hall–Kier alpha value is -9.70. The highest BCUT2D eigenvalue weighted by Gasteiger charge is 2.18. The van der Waals surface area contributed by atoms with E-state index in [2.05, 4.69) is 276 Å². The lowest BCUT2D eigenvalue weighted by atomic mass is 9.97. The lowest BCUT2D eigenvalue weighted by Gasteiger charge is -2.26. The standard InChI is InChI=1S/C70H46N2O/c1-2-14-53-46-56(32-29-47(53)13-1)55-16-11-15-54(45-55)50-35-41-58(42-36-50)71(59-43-37-52(38-44-59)61-21-12-26-69-70(61)64-20-6-10-25-68(64)73-69)57-39-33-49(34-40-57)48-27-30-51(31-28-48)60-17-3-7-22-65(60)72-66-23-8-4-18-62(66)63-19-5-9-24-67(63)72/h1-46H. The molecule has 0 saturated carbocycles. The molecule has 0 spiro atoms. The van der Waals surface area contributed by atoms with Gasteiger partial charge in [-0.25, -0.2) is 0 Å². The fraction of sp³-hybridized carbons (Fsp3) is 0. The molecule has 0 aliphatic heterocycles. The number of hydrogen-bond donors (Lipinski definition) is 0. The number of aromatic nitrogens is 1. The van der Waals surface area contributed by atoms with Crippen LogP contribution in [0.3, 0.4) is 0 Å². The maximum atomic E-state index is 6.28. The third kappa shape index (κ3) is 7.46. The Morgan fingerprint density at radius 3 is 1.40 bits per heavy atom. The number of fused-ring (bicyclic) bond motifs is 7. The Labute approximate surface area is 423 Å². The molecule has 0 amide bonds. The normalized spacial score (nSPS) is 11.6. The maximum absolute atomic E-state index is 6.28. The van der Waals surface area contributed by atoms with Crippen molar-refractivity contribution in [2.45, 2.75) is 0 Å². The number of benzene rings is 12. The van der Waals surface area contributed by atoms with Gasteiger partial charge in [-0.3, -0.25) is 0 Å². The van der Waals surface area contributed by atoms with E-state index in [1.165, 1.54) is 71.6 Å². The second kappa shape index (κ2) is 17.6. The van der Waals surface area contributed by atoms with Gasteiger partial charge in [-0.2, -0.15) is 0 Å². The van der Waals surface area contributed by atoms with Crippen molar-refractivity contribution in [1.29, 1.82) is 0 Å². The SMILES string of the molecule is c1cc(-c2ccc(N(c3ccc(-c4ccc(-c5ccccc5-n5c6ccccc6c6ccccc65)cc4)cc3)c3ccc(-c4cccc5oc6ccccc6c45)cc3)cc2)cc(-c2ccc3ccccc3c2)c1. The highest BCUT2D eigenvalue weighted by molar-refractivity contribution is 6.13. The van der Waals surface area contributed by atoms with Gasteiger partial charge in [0.25, 0.3) is 0 Å². The second-order valence-electron chi connectivity index (χ2n) is 18.9. The van der Waals surface area contributed by atoms with Gasteiger partial charge in [0.2, 0.25) is 0 Å². The minimum absolute atomic E-state index is 0.895. The average molecular weight is 931 g/mol. The van der Waals surface area contributed by atoms with Crippen molar-refractivity contribution in [2.24, 2.45) is 0 Å². The minimum Gasteiger partial charge on any atom is -0.456 e. The van der Waals surface area contributed by atoms with Crippen molar-refractivity contribution in [2.75, 3.05) is 4.90 Å². The molecule has 73 heavy (non-hydrogen) atoms. The summed E-state index contributed by atoms with van der Waals surface area (Å²) in [5, 5.41) is 7.28. The molecule has 0 radical (unpaired) electrons. The van der Waals surface area contributed by atoms with Crippen molar-refractivity contribution < 1.29 is 4.42 Å². The predicted octanol–water partition coefficient (Wildman–Crippen LogP) is 19.6. The Morgan fingerprint density at radius 2 is 0.712 bits per heavy atom. The Kier molecular flexibility index (Phi) is 10.2. The maximum Gasteiger partial charge on any atom is 0.136 e. The average Bonchev–Trinajstić information content (AvgIpc) is 4.02.